The smallest absolute Gasteiger partial charge is 0.282 e. The van der Waals surface area contributed by atoms with Crippen molar-refractivity contribution in [1.29, 1.82) is 0 Å². The molecule has 1 aromatic heterocycles. The fraction of sp³-hybridized carbons (Fsp3) is 0.154. The van der Waals surface area contributed by atoms with E-state index in [1.807, 2.05) is 6.07 Å². The molecule has 9 heteroatoms. The number of benzene rings is 3. The van der Waals surface area contributed by atoms with Crippen molar-refractivity contribution in [2.75, 3.05) is 6.26 Å². The Bertz CT molecular complexity index is 1450. The molecule has 0 radical (unpaired) electrons. The number of para-hydroxylation sites is 1. The Hall–Kier alpha value is -3.85. The summed E-state index contributed by atoms with van der Waals surface area (Å²) in [5.74, 6) is -0.168. The highest BCUT2D eigenvalue weighted by Crippen LogP contribution is 2.40. The molecule has 0 unspecified atom stereocenters. The molecule has 1 N–H and O–H groups in total. The third-order valence-corrected chi connectivity index (χ3v) is 6.59. The third kappa shape index (κ3) is 5.30. The van der Waals surface area contributed by atoms with Crippen LogP contribution < -0.4 is 5.32 Å². The SMILES string of the molecule is CC(=O)NCc1ccc(-c2c(C(F)F)nn(-c3ccccc3)c2-c2ccc(S(C)(=O)=O)cc2)cc1. The van der Waals surface area contributed by atoms with Gasteiger partial charge >= 0.3 is 0 Å². The quantitative estimate of drug-likeness (QED) is 0.383. The second-order valence-corrected chi connectivity index (χ2v) is 10.1. The first-order chi connectivity index (χ1) is 16.6. The fourth-order valence-corrected chi connectivity index (χ4v) is 4.40. The van der Waals surface area contributed by atoms with E-state index in [1.54, 1.807) is 60.7 Å². The van der Waals surface area contributed by atoms with Gasteiger partial charge in [-0.3, -0.25) is 4.79 Å². The van der Waals surface area contributed by atoms with Crippen LogP contribution in [0.3, 0.4) is 0 Å². The van der Waals surface area contributed by atoms with Crippen LogP contribution in [0, 0.1) is 0 Å². The topological polar surface area (TPSA) is 81.1 Å². The highest BCUT2D eigenvalue weighted by molar-refractivity contribution is 7.90. The number of amides is 1. The summed E-state index contributed by atoms with van der Waals surface area (Å²) >= 11 is 0. The summed E-state index contributed by atoms with van der Waals surface area (Å²) in [4.78, 5) is 11.3. The van der Waals surface area contributed by atoms with E-state index in [1.165, 1.54) is 23.7 Å². The zero-order chi connectivity index (χ0) is 25.2. The molecular weight excluding hydrogens is 472 g/mol. The zero-order valence-corrected chi connectivity index (χ0v) is 19.9. The van der Waals surface area contributed by atoms with Gasteiger partial charge in [0.15, 0.2) is 9.84 Å². The van der Waals surface area contributed by atoms with Gasteiger partial charge in [0.25, 0.3) is 6.43 Å². The van der Waals surface area contributed by atoms with Crippen molar-refractivity contribution in [2.45, 2.75) is 24.8 Å². The minimum absolute atomic E-state index is 0.130. The summed E-state index contributed by atoms with van der Waals surface area (Å²) in [6, 6.07) is 21.9. The highest BCUT2D eigenvalue weighted by Gasteiger charge is 2.27. The molecule has 6 nitrogen and oxygen atoms in total. The first kappa shape index (κ1) is 24.3. The lowest BCUT2D eigenvalue weighted by Gasteiger charge is -2.12. The number of sulfone groups is 1. The lowest BCUT2D eigenvalue weighted by molar-refractivity contribution is -0.119. The van der Waals surface area contributed by atoms with E-state index in [0.717, 1.165) is 11.8 Å². The van der Waals surface area contributed by atoms with Crippen molar-refractivity contribution in [3.63, 3.8) is 0 Å². The molecule has 0 bridgehead atoms. The fourth-order valence-electron chi connectivity index (χ4n) is 3.77. The van der Waals surface area contributed by atoms with Gasteiger partial charge < -0.3 is 5.32 Å². The molecule has 0 fully saturated rings. The molecule has 1 amide bonds. The maximum absolute atomic E-state index is 14.2. The monoisotopic (exact) mass is 495 g/mol. The molecule has 4 rings (SSSR count). The second-order valence-electron chi connectivity index (χ2n) is 8.06. The zero-order valence-electron chi connectivity index (χ0n) is 19.1. The molecule has 0 aliphatic carbocycles. The lowest BCUT2D eigenvalue weighted by Crippen LogP contribution is -2.18. The number of alkyl halides is 2. The molecule has 0 aliphatic heterocycles. The van der Waals surface area contributed by atoms with Crippen molar-refractivity contribution in [3.8, 4) is 28.1 Å². The van der Waals surface area contributed by atoms with Crippen LogP contribution in [0.4, 0.5) is 8.78 Å². The Kier molecular flexibility index (Phi) is 6.79. The van der Waals surface area contributed by atoms with E-state index in [0.29, 0.717) is 29.1 Å². The molecule has 3 aromatic carbocycles. The van der Waals surface area contributed by atoms with Gasteiger partial charge in [0, 0.05) is 30.9 Å². The molecule has 4 aromatic rings. The van der Waals surface area contributed by atoms with Gasteiger partial charge in [-0.15, -0.1) is 0 Å². The minimum Gasteiger partial charge on any atom is -0.352 e. The van der Waals surface area contributed by atoms with Gasteiger partial charge in [0.2, 0.25) is 5.91 Å². The lowest BCUT2D eigenvalue weighted by atomic mass is 9.97. The summed E-state index contributed by atoms with van der Waals surface area (Å²) in [6.45, 7) is 1.74. The van der Waals surface area contributed by atoms with Crippen molar-refractivity contribution in [2.24, 2.45) is 0 Å². The predicted octanol–water partition coefficient (Wildman–Crippen LogP) is 5.18. The number of hydrogen-bond acceptors (Lipinski definition) is 4. The van der Waals surface area contributed by atoms with Crippen LogP contribution >= 0.6 is 0 Å². The van der Waals surface area contributed by atoms with Gasteiger partial charge in [0.1, 0.15) is 5.69 Å². The molecular formula is C26H23F2N3O3S. The standard InChI is InChI=1S/C26H23F2N3O3S/c1-17(32)29-16-18-8-10-19(11-9-18)23-24(26(27)28)30-31(21-6-4-3-5-7-21)25(23)20-12-14-22(15-13-20)35(2,33)34/h3-15,26H,16H2,1-2H3,(H,29,32). The van der Waals surface area contributed by atoms with Crippen LogP contribution in [0.15, 0.2) is 83.8 Å². The normalized spacial score (nSPS) is 11.6. The van der Waals surface area contributed by atoms with Crippen LogP contribution in [-0.2, 0) is 21.2 Å². The van der Waals surface area contributed by atoms with E-state index in [2.05, 4.69) is 10.4 Å². The number of halogens is 2. The Balaban J connectivity index is 1.93. The van der Waals surface area contributed by atoms with Crippen LogP contribution in [0.2, 0.25) is 0 Å². The van der Waals surface area contributed by atoms with Gasteiger partial charge in [-0.1, -0.05) is 54.6 Å². The molecule has 0 aliphatic rings. The average Bonchev–Trinajstić information content (AvgIpc) is 3.24. The maximum atomic E-state index is 14.2. The van der Waals surface area contributed by atoms with E-state index >= 15 is 0 Å². The Morgan fingerprint density at radius 3 is 2.09 bits per heavy atom. The molecule has 0 saturated heterocycles. The molecule has 35 heavy (non-hydrogen) atoms. The van der Waals surface area contributed by atoms with Crippen LogP contribution in [-0.4, -0.2) is 30.4 Å². The molecule has 0 atom stereocenters. The van der Waals surface area contributed by atoms with E-state index in [-0.39, 0.29) is 22.1 Å². The number of aromatic nitrogens is 2. The van der Waals surface area contributed by atoms with E-state index < -0.39 is 16.3 Å². The average molecular weight is 496 g/mol. The summed E-state index contributed by atoms with van der Waals surface area (Å²) in [7, 11) is -3.42. The second kappa shape index (κ2) is 9.79. The molecule has 180 valence electrons. The Morgan fingerprint density at radius 1 is 0.943 bits per heavy atom. The van der Waals surface area contributed by atoms with E-state index in [9.17, 15) is 22.0 Å². The van der Waals surface area contributed by atoms with Crippen LogP contribution in [0.25, 0.3) is 28.1 Å². The van der Waals surface area contributed by atoms with Gasteiger partial charge in [-0.25, -0.2) is 21.9 Å². The molecule has 0 saturated carbocycles. The van der Waals surface area contributed by atoms with Gasteiger partial charge in [0.05, 0.1) is 16.3 Å². The van der Waals surface area contributed by atoms with Crippen molar-refractivity contribution in [1.82, 2.24) is 15.1 Å². The minimum atomic E-state index is -3.42. The summed E-state index contributed by atoms with van der Waals surface area (Å²) in [6.07, 6.45) is -1.73. The van der Waals surface area contributed by atoms with Crippen molar-refractivity contribution in [3.05, 3.63) is 90.1 Å². The van der Waals surface area contributed by atoms with Crippen molar-refractivity contribution >= 4 is 15.7 Å². The summed E-state index contributed by atoms with van der Waals surface area (Å²) in [5.41, 5.74) is 2.75. The van der Waals surface area contributed by atoms with Gasteiger partial charge in [-0.05, 0) is 35.4 Å². The third-order valence-electron chi connectivity index (χ3n) is 5.46. The van der Waals surface area contributed by atoms with Crippen molar-refractivity contribution < 1.29 is 22.0 Å². The molecule has 0 spiro atoms. The largest absolute Gasteiger partial charge is 0.352 e. The Morgan fingerprint density at radius 2 is 1.54 bits per heavy atom. The maximum Gasteiger partial charge on any atom is 0.282 e. The number of nitrogens with one attached hydrogen (secondary N) is 1. The number of carbonyl (C=O) groups is 1. The number of carbonyl (C=O) groups excluding carboxylic acids is 1. The highest BCUT2D eigenvalue weighted by atomic mass is 32.2. The first-order valence-electron chi connectivity index (χ1n) is 10.8. The number of hydrogen-bond donors (Lipinski definition) is 1. The number of rotatable bonds is 7. The first-order valence-corrected chi connectivity index (χ1v) is 12.6. The van der Waals surface area contributed by atoms with Gasteiger partial charge in [-0.2, -0.15) is 5.10 Å². The Labute approximate surface area is 202 Å². The summed E-state index contributed by atoms with van der Waals surface area (Å²) in [5, 5.41) is 6.98. The number of nitrogens with zero attached hydrogens (tertiary/aromatic N) is 2. The van der Waals surface area contributed by atoms with Crippen LogP contribution in [0.1, 0.15) is 24.6 Å². The van der Waals surface area contributed by atoms with Crippen LogP contribution in [0.5, 0.6) is 0 Å². The predicted molar refractivity (Wildman–Crippen MR) is 130 cm³/mol. The molecule has 1 heterocycles. The summed E-state index contributed by atoms with van der Waals surface area (Å²) < 4.78 is 53.8. The van der Waals surface area contributed by atoms with E-state index in [4.69, 9.17) is 0 Å².